The minimum absolute atomic E-state index is 0.0199. The number of aryl methyl sites for hydroxylation is 1. The molecule has 1 aromatic heterocycles. The first-order valence-electron chi connectivity index (χ1n) is 5.80. The second-order valence-electron chi connectivity index (χ2n) is 4.05. The predicted octanol–water partition coefficient (Wildman–Crippen LogP) is 0.233. The van der Waals surface area contributed by atoms with Gasteiger partial charge in [0.25, 0.3) is 0 Å². The fourth-order valence-corrected chi connectivity index (χ4v) is 1.56. The highest BCUT2D eigenvalue weighted by Crippen LogP contribution is 2.09. The summed E-state index contributed by atoms with van der Waals surface area (Å²) in [6.45, 7) is 2.28. The molecule has 1 aromatic carbocycles. The number of carbonyl (C=O) groups is 1. The van der Waals surface area contributed by atoms with Crippen LogP contribution in [0, 0.1) is 6.92 Å². The van der Waals surface area contributed by atoms with Gasteiger partial charge < -0.3 is 10.1 Å². The van der Waals surface area contributed by atoms with Crippen molar-refractivity contribution in [1.82, 2.24) is 25.5 Å². The number of rotatable bonds is 5. The van der Waals surface area contributed by atoms with E-state index in [0.29, 0.717) is 5.82 Å². The zero-order valence-corrected chi connectivity index (χ0v) is 10.8. The van der Waals surface area contributed by atoms with Gasteiger partial charge >= 0.3 is 0 Å². The zero-order chi connectivity index (χ0) is 13.7. The van der Waals surface area contributed by atoms with Crippen LogP contribution < -0.4 is 5.32 Å². The van der Waals surface area contributed by atoms with Crippen molar-refractivity contribution in [3.63, 3.8) is 0 Å². The molecule has 19 heavy (non-hydrogen) atoms. The molecule has 7 nitrogen and oxygen atoms in total. The number of carbonyl (C=O) groups excluding carboxylic acids is 1. The molecule has 0 fully saturated rings. The van der Waals surface area contributed by atoms with E-state index in [1.165, 1.54) is 7.11 Å². The highest BCUT2D eigenvalue weighted by molar-refractivity contribution is 5.77. The largest absolute Gasteiger partial charge is 0.375 e. The number of tetrazole rings is 1. The van der Waals surface area contributed by atoms with Crippen LogP contribution >= 0.6 is 0 Å². The molecule has 0 radical (unpaired) electrons. The number of nitrogens with zero attached hydrogens (tertiary/aromatic N) is 4. The molecule has 0 spiro atoms. The highest BCUT2D eigenvalue weighted by atomic mass is 16.5. The van der Waals surface area contributed by atoms with Crippen LogP contribution in [0.5, 0.6) is 0 Å². The summed E-state index contributed by atoms with van der Waals surface area (Å²) < 4.78 is 6.32. The summed E-state index contributed by atoms with van der Waals surface area (Å²) in [5.74, 6) is 0.356. The van der Waals surface area contributed by atoms with E-state index in [-0.39, 0.29) is 19.1 Å². The molecule has 0 aliphatic rings. The maximum Gasteiger partial charge on any atom is 0.246 e. The molecule has 0 aliphatic heterocycles. The quantitative estimate of drug-likeness (QED) is 0.833. The fraction of sp³-hybridized carbons (Fsp3) is 0.333. The average molecular weight is 261 g/mol. The molecule has 0 aliphatic carbocycles. The molecule has 100 valence electrons. The van der Waals surface area contributed by atoms with Crippen molar-refractivity contribution >= 4 is 5.91 Å². The van der Waals surface area contributed by atoms with E-state index in [4.69, 9.17) is 4.74 Å². The molecule has 1 amide bonds. The molecule has 2 rings (SSSR count). The number of hydrogen-bond acceptors (Lipinski definition) is 5. The summed E-state index contributed by atoms with van der Waals surface area (Å²) in [4.78, 5) is 11.3. The lowest BCUT2D eigenvalue weighted by molar-refractivity contribution is -0.124. The van der Waals surface area contributed by atoms with Gasteiger partial charge in [0.1, 0.15) is 6.61 Å². The van der Waals surface area contributed by atoms with Crippen LogP contribution in [0.15, 0.2) is 24.3 Å². The van der Waals surface area contributed by atoms with Crippen LogP contribution in [0.25, 0.3) is 5.69 Å². The SMILES string of the molecule is COCC(=O)NCc1nnnn1-c1ccc(C)cc1. The Kier molecular flexibility index (Phi) is 4.19. The first-order chi connectivity index (χ1) is 9.20. The van der Waals surface area contributed by atoms with Crippen molar-refractivity contribution in [3.05, 3.63) is 35.7 Å². The van der Waals surface area contributed by atoms with Crippen molar-refractivity contribution in [3.8, 4) is 5.69 Å². The smallest absolute Gasteiger partial charge is 0.246 e. The molecule has 1 N–H and O–H groups in total. The van der Waals surface area contributed by atoms with Gasteiger partial charge in [0.05, 0.1) is 12.2 Å². The van der Waals surface area contributed by atoms with Crippen LogP contribution in [0.2, 0.25) is 0 Å². The predicted molar refractivity (Wildman–Crippen MR) is 67.6 cm³/mol. The topological polar surface area (TPSA) is 81.9 Å². The monoisotopic (exact) mass is 261 g/mol. The Bertz CT molecular complexity index is 550. The summed E-state index contributed by atoms with van der Waals surface area (Å²) in [7, 11) is 1.47. The zero-order valence-electron chi connectivity index (χ0n) is 10.8. The van der Waals surface area contributed by atoms with Crippen LogP contribution in [-0.4, -0.2) is 39.8 Å². The highest BCUT2D eigenvalue weighted by Gasteiger charge is 2.09. The van der Waals surface area contributed by atoms with Gasteiger partial charge in [-0.25, -0.2) is 0 Å². The average Bonchev–Trinajstić information content (AvgIpc) is 2.86. The Morgan fingerprint density at radius 1 is 1.37 bits per heavy atom. The maximum atomic E-state index is 11.3. The molecular weight excluding hydrogens is 246 g/mol. The van der Waals surface area contributed by atoms with Gasteiger partial charge in [-0.2, -0.15) is 4.68 Å². The first kappa shape index (κ1) is 13.2. The van der Waals surface area contributed by atoms with Gasteiger partial charge in [-0.05, 0) is 29.5 Å². The third-order valence-electron chi connectivity index (χ3n) is 2.53. The number of hydrogen-bond donors (Lipinski definition) is 1. The lowest BCUT2D eigenvalue weighted by Crippen LogP contribution is -2.28. The summed E-state index contributed by atoms with van der Waals surface area (Å²) >= 11 is 0. The number of ether oxygens (including phenoxy) is 1. The molecule has 0 saturated carbocycles. The Morgan fingerprint density at radius 3 is 2.79 bits per heavy atom. The minimum atomic E-state index is -0.207. The molecule has 7 heteroatoms. The van der Waals surface area contributed by atoms with Crippen molar-refractivity contribution in [1.29, 1.82) is 0 Å². The van der Waals surface area contributed by atoms with Gasteiger partial charge in [-0.15, -0.1) is 5.10 Å². The number of nitrogens with one attached hydrogen (secondary N) is 1. The molecular formula is C12H15N5O2. The maximum absolute atomic E-state index is 11.3. The Labute approximate surface area is 110 Å². The van der Waals surface area contributed by atoms with E-state index in [9.17, 15) is 4.79 Å². The van der Waals surface area contributed by atoms with E-state index in [2.05, 4.69) is 20.8 Å². The normalized spacial score (nSPS) is 10.4. The van der Waals surface area contributed by atoms with Crippen molar-refractivity contribution in [2.75, 3.05) is 13.7 Å². The van der Waals surface area contributed by atoms with Crippen LogP contribution in [0.4, 0.5) is 0 Å². The Balaban J connectivity index is 2.09. The third kappa shape index (κ3) is 3.35. The van der Waals surface area contributed by atoms with Crippen LogP contribution in [0.3, 0.4) is 0 Å². The molecule has 2 aromatic rings. The van der Waals surface area contributed by atoms with E-state index >= 15 is 0 Å². The van der Waals surface area contributed by atoms with E-state index in [1.807, 2.05) is 31.2 Å². The Hall–Kier alpha value is -2.28. The fourth-order valence-electron chi connectivity index (χ4n) is 1.56. The number of aromatic nitrogens is 4. The summed E-state index contributed by atoms with van der Waals surface area (Å²) in [5.41, 5.74) is 2.01. The lowest BCUT2D eigenvalue weighted by atomic mass is 10.2. The van der Waals surface area contributed by atoms with Gasteiger partial charge in [0.2, 0.25) is 5.91 Å². The number of benzene rings is 1. The van der Waals surface area contributed by atoms with E-state index < -0.39 is 0 Å². The van der Waals surface area contributed by atoms with E-state index in [0.717, 1.165) is 11.3 Å². The van der Waals surface area contributed by atoms with Crippen molar-refractivity contribution in [2.45, 2.75) is 13.5 Å². The van der Waals surface area contributed by atoms with Gasteiger partial charge in [0.15, 0.2) is 5.82 Å². The summed E-state index contributed by atoms with van der Waals surface area (Å²) in [5, 5.41) is 14.1. The van der Waals surface area contributed by atoms with Crippen LogP contribution in [-0.2, 0) is 16.1 Å². The molecule has 0 atom stereocenters. The van der Waals surface area contributed by atoms with E-state index in [1.54, 1.807) is 4.68 Å². The third-order valence-corrected chi connectivity index (χ3v) is 2.53. The van der Waals surface area contributed by atoms with Gasteiger partial charge in [-0.3, -0.25) is 4.79 Å². The van der Waals surface area contributed by atoms with Crippen molar-refractivity contribution in [2.24, 2.45) is 0 Å². The summed E-state index contributed by atoms with van der Waals surface area (Å²) in [6, 6.07) is 7.80. The second kappa shape index (κ2) is 6.05. The first-order valence-corrected chi connectivity index (χ1v) is 5.80. The second-order valence-corrected chi connectivity index (χ2v) is 4.05. The van der Waals surface area contributed by atoms with Crippen molar-refractivity contribution < 1.29 is 9.53 Å². The number of methoxy groups -OCH3 is 1. The molecule has 0 unspecified atom stereocenters. The molecule has 1 heterocycles. The number of amides is 1. The minimum Gasteiger partial charge on any atom is -0.375 e. The standard InChI is InChI=1S/C12H15N5O2/c1-9-3-5-10(6-4-9)17-11(14-15-16-17)7-13-12(18)8-19-2/h3-6H,7-8H2,1-2H3,(H,13,18). The summed E-state index contributed by atoms with van der Waals surface area (Å²) in [6.07, 6.45) is 0. The molecule has 0 bridgehead atoms. The lowest BCUT2D eigenvalue weighted by Gasteiger charge is -2.06. The van der Waals surface area contributed by atoms with Gasteiger partial charge in [0, 0.05) is 7.11 Å². The Morgan fingerprint density at radius 2 is 2.11 bits per heavy atom. The molecule has 0 saturated heterocycles. The van der Waals surface area contributed by atoms with Gasteiger partial charge in [-0.1, -0.05) is 17.7 Å². The van der Waals surface area contributed by atoms with Crippen LogP contribution in [0.1, 0.15) is 11.4 Å².